The Kier molecular flexibility index (Phi) is 4.31. The van der Waals surface area contributed by atoms with Crippen LogP contribution in [0.3, 0.4) is 0 Å². The second-order valence-electron chi connectivity index (χ2n) is 4.97. The highest BCUT2D eigenvalue weighted by molar-refractivity contribution is 9.10. The van der Waals surface area contributed by atoms with E-state index in [1.165, 1.54) is 36.4 Å². The summed E-state index contributed by atoms with van der Waals surface area (Å²) < 4.78 is 1.11. The van der Waals surface area contributed by atoms with Gasteiger partial charge in [0.2, 0.25) is 0 Å². The number of aromatic nitrogens is 1. The van der Waals surface area contributed by atoms with Crippen LogP contribution < -0.4 is 5.32 Å². The number of thiazole rings is 1. The van der Waals surface area contributed by atoms with Crippen molar-refractivity contribution in [3.05, 3.63) is 39.1 Å². The summed E-state index contributed by atoms with van der Waals surface area (Å²) in [4.78, 5) is 4.75. The van der Waals surface area contributed by atoms with Gasteiger partial charge in [-0.3, -0.25) is 0 Å². The summed E-state index contributed by atoms with van der Waals surface area (Å²) in [6.45, 7) is 1.19. The van der Waals surface area contributed by atoms with Gasteiger partial charge in [-0.2, -0.15) is 0 Å². The molecule has 1 saturated heterocycles. The van der Waals surface area contributed by atoms with E-state index in [-0.39, 0.29) is 0 Å². The Labute approximate surface area is 126 Å². The van der Waals surface area contributed by atoms with E-state index in [2.05, 4.69) is 50.9 Å². The van der Waals surface area contributed by atoms with Gasteiger partial charge >= 0.3 is 0 Å². The van der Waals surface area contributed by atoms with Crippen LogP contribution in [0.2, 0.25) is 0 Å². The summed E-state index contributed by atoms with van der Waals surface area (Å²) in [5.41, 5.74) is 2.30. The van der Waals surface area contributed by atoms with Crippen molar-refractivity contribution in [2.24, 2.45) is 0 Å². The minimum Gasteiger partial charge on any atom is -0.314 e. The van der Waals surface area contributed by atoms with Gasteiger partial charge in [-0.1, -0.05) is 28.1 Å². The predicted molar refractivity (Wildman–Crippen MR) is 84.6 cm³/mol. The van der Waals surface area contributed by atoms with Crippen molar-refractivity contribution in [2.75, 3.05) is 6.54 Å². The lowest BCUT2D eigenvalue weighted by Crippen LogP contribution is -2.21. The first-order chi connectivity index (χ1) is 9.31. The van der Waals surface area contributed by atoms with E-state index in [1.54, 1.807) is 11.3 Å². The quantitative estimate of drug-likeness (QED) is 0.902. The van der Waals surface area contributed by atoms with Crippen LogP contribution in [0.1, 0.15) is 24.3 Å². The Morgan fingerprint density at radius 2 is 2.16 bits per heavy atom. The number of nitrogens with one attached hydrogen (secondary N) is 1. The molecule has 1 aromatic heterocycles. The molecule has 0 spiro atoms. The summed E-state index contributed by atoms with van der Waals surface area (Å²) in [6.07, 6.45) is 4.96. The smallest absolute Gasteiger partial charge is 0.0933 e. The van der Waals surface area contributed by atoms with Crippen LogP contribution in [-0.4, -0.2) is 17.6 Å². The Morgan fingerprint density at radius 3 is 2.89 bits per heavy atom. The molecule has 0 saturated carbocycles. The van der Waals surface area contributed by atoms with Crippen LogP contribution in [0.25, 0.3) is 11.3 Å². The average molecular weight is 337 g/mol. The first-order valence-electron chi connectivity index (χ1n) is 6.75. The van der Waals surface area contributed by atoms with Gasteiger partial charge in [-0.25, -0.2) is 4.98 Å². The zero-order valence-electron chi connectivity index (χ0n) is 10.7. The number of nitrogens with zero attached hydrogens (tertiary/aromatic N) is 1. The lowest BCUT2D eigenvalue weighted by Gasteiger charge is -2.07. The maximum Gasteiger partial charge on any atom is 0.0933 e. The van der Waals surface area contributed by atoms with Crippen molar-refractivity contribution in [3.63, 3.8) is 0 Å². The summed E-state index contributed by atoms with van der Waals surface area (Å²) in [5.74, 6) is 0. The van der Waals surface area contributed by atoms with E-state index in [0.29, 0.717) is 6.04 Å². The number of rotatable bonds is 4. The second-order valence-corrected chi connectivity index (χ2v) is 6.82. The third-order valence-electron chi connectivity index (χ3n) is 3.56. The number of halogens is 1. The van der Waals surface area contributed by atoms with Crippen LogP contribution in [-0.2, 0) is 6.42 Å². The molecule has 0 bridgehead atoms. The van der Waals surface area contributed by atoms with Crippen molar-refractivity contribution < 1.29 is 0 Å². The van der Waals surface area contributed by atoms with E-state index in [0.717, 1.165) is 16.6 Å². The molecule has 1 unspecified atom stereocenters. The maximum absolute atomic E-state index is 4.75. The summed E-state index contributed by atoms with van der Waals surface area (Å²) in [5, 5.41) is 6.97. The molecular formula is C15H17BrN2S. The molecule has 19 heavy (non-hydrogen) atoms. The van der Waals surface area contributed by atoms with Crippen molar-refractivity contribution >= 4 is 27.3 Å². The molecule has 0 amide bonds. The van der Waals surface area contributed by atoms with Crippen LogP contribution >= 0.6 is 27.3 Å². The van der Waals surface area contributed by atoms with Crippen LogP contribution in [0.4, 0.5) is 0 Å². The van der Waals surface area contributed by atoms with Gasteiger partial charge < -0.3 is 5.32 Å². The number of hydrogen-bond acceptors (Lipinski definition) is 3. The average Bonchev–Trinajstić information content (AvgIpc) is 3.09. The minimum atomic E-state index is 0.708. The molecule has 1 aliphatic rings. The van der Waals surface area contributed by atoms with Gasteiger partial charge in [0, 0.05) is 27.9 Å². The molecule has 100 valence electrons. The summed E-state index contributed by atoms with van der Waals surface area (Å²) in [6, 6.07) is 9.07. The molecule has 0 radical (unpaired) electrons. The fraction of sp³-hybridized carbons (Fsp3) is 0.400. The van der Waals surface area contributed by atoms with Crippen LogP contribution in [0.15, 0.2) is 34.1 Å². The fourth-order valence-electron chi connectivity index (χ4n) is 2.48. The van der Waals surface area contributed by atoms with E-state index in [4.69, 9.17) is 4.98 Å². The monoisotopic (exact) mass is 336 g/mol. The predicted octanol–water partition coefficient (Wildman–Crippen LogP) is 4.26. The van der Waals surface area contributed by atoms with Crippen molar-refractivity contribution in [2.45, 2.75) is 31.7 Å². The van der Waals surface area contributed by atoms with Gasteiger partial charge in [-0.15, -0.1) is 11.3 Å². The number of hydrogen-bond donors (Lipinski definition) is 1. The second kappa shape index (κ2) is 6.16. The molecule has 2 aromatic rings. The third-order valence-corrected chi connectivity index (χ3v) is 5.00. The van der Waals surface area contributed by atoms with Crippen molar-refractivity contribution in [3.8, 4) is 11.3 Å². The molecular weight excluding hydrogens is 320 g/mol. The molecule has 1 aliphatic heterocycles. The zero-order chi connectivity index (χ0) is 13.1. The van der Waals surface area contributed by atoms with Crippen molar-refractivity contribution in [1.82, 2.24) is 10.3 Å². The van der Waals surface area contributed by atoms with Gasteiger partial charge in [0.05, 0.1) is 10.7 Å². The van der Waals surface area contributed by atoms with E-state index < -0.39 is 0 Å². The first-order valence-corrected chi connectivity index (χ1v) is 8.42. The molecule has 0 aliphatic carbocycles. The Hall–Kier alpha value is -0.710. The van der Waals surface area contributed by atoms with Crippen LogP contribution in [0, 0.1) is 0 Å². The zero-order valence-corrected chi connectivity index (χ0v) is 13.1. The Balaban J connectivity index is 1.63. The standard InChI is InChI=1S/C15H17BrN2S/c16-12-5-3-11(4-6-12)14-10-19-15(18-14)8-7-13-2-1-9-17-13/h3-6,10,13,17H,1-2,7-9H2. The molecule has 1 N–H and O–H groups in total. The SMILES string of the molecule is Brc1ccc(-c2csc(CCC3CCCN3)n2)cc1. The summed E-state index contributed by atoms with van der Waals surface area (Å²) >= 11 is 5.24. The lowest BCUT2D eigenvalue weighted by molar-refractivity contribution is 0.558. The fourth-order valence-corrected chi connectivity index (χ4v) is 3.57. The number of aryl methyl sites for hydroxylation is 1. The molecule has 3 rings (SSSR count). The van der Waals surface area contributed by atoms with E-state index >= 15 is 0 Å². The van der Waals surface area contributed by atoms with E-state index in [9.17, 15) is 0 Å². The lowest BCUT2D eigenvalue weighted by atomic mass is 10.1. The van der Waals surface area contributed by atoms with Gasteiger partial charge in [-0.05, 0) is 37.9 Å². The normalized spacial score (nSPS) is 18.9. The molecule has 1 aromatic carbocycles. The minimum absolute atomic E-state index is 0.708. The van der Waals surface area contributed by atoms with Crippen molar-refractivity contribution in [1.29, 1.82) is 0 Å². The van der Waals surface area contributed by atoms with E-state index in [1.807, 2.05) is 0 Å². The molecule has 2 nitrogen and oxygen atoms in total. The summed E-state index contributed by atoms with van der Waals surface area (Å²) in [7, 11) is 0. The molecule has 4 heteroatoms. The third kappa shape index (κ3) is 3.44. The Bertz CT molecular complexity index is 529. The molecule has 1 fully saturated rings. The highest BCUT2D eigenvalue weighted by Crippen LogP contribution is 2.24. The topological polar surface area (TPSA) is 24.9 Å². The van der Waals surface area contributed by atoms with Gasteiger partial charge in [0.1, 0.15) is 0 Å². The molecule has 1 atom stereocenters. The Morgan fingerprint density at radius 1 is 1.32 bits per heavy atom. The number of benzene rings is 1. The van der Waals surface area contributed by atoms with Gasteiger partial charge in [0.15, 0.2) is 0 Å². The largest absolute Gasteiger partial charge is 0.314 e. The highest BCUT2D eigenvalue weighted by atomic mass is 79.9. The highest BCUT2D eigenvalue weighted by Gasteiger charge is 2.14. The maximum atomic E-state index is 4.75. The molecule has 2 heterocycles. The first kappa shape index (κ1) is 13.3. The van der Waals surface area contributed by atoms with Gasteiger partial charge in [0.25, 0.3) is 0 Å². The van der Waals surface area contributed by atoms with Crippen LogP contribution in [0.5, 0.6) is 0 Å².